The summed E-state index contributed by atoms with van der Waals surface area (Å²) in [5, 5.41) is 2.94. The van der Waals surface area contributed by atoms with Crippen LogP contribution in [0.1, 0.15) is 24.5 Å². The summed E-state index contributed by atoms with van der Waals surface area (Å²) in [4.78, 5) is 12.3. The number of ether oxygens (including phenoxy) is 3. The van der Waals surface area contributed by atoms with Gasteiger partial charge in [0.1, 0.15) is 5.60 Å². The third-order valence-electron chi connectivity index (χ3n) is 4.63. The number of hydrogen-bond donors (Lipinski definition) is 1. The number of carbonyl (C=O) groups excluding carboxylic acids is 1. The van der Waals surface area contributed by atoms with Crippen LogP contribution in [0, 0.1) is 0 Å². The molecule has 5 heteroatoms. The van der Waals surface area contributed by atoms with Crippen LogP contribution in [0.4, 0.5) is 0 Å². The zero-order valence-corrected chi connectivity index (χ0v) is 15.0. The minimum atomic E-state index is -0.538. The van der Waals surface area contributed by atoms with Gasteiger partial charge in [-0.15, -0.1) is 0 Å². The summed E-state index contributed by atoms with van der Waals surface area (Å²) in [6.45, 7) is 2.68. The van der Waals surface area contributed by atoms with Crippen LogP contribution in [0.5, 0.6) is 11.5 Å². The van der Waals surface area contributed by atoms with Crippen LogP contribution in [0.15, 0.2) is 54.6 Å². The van der Waals surface area contributed by atoms with Gasteiger partial charge in [0.2, 0.25) is 12.7 Å². The normalized spacial score (nSPS) is 15.0. The zero-order chi connectivity index (χ0) is 18.4. The molecule has 0 aliphatic carbocycles. The predicted octanol–water partition coefficient (Wildman–Crippen LogP) is 3.50. The first-order chi connectivity index (χ1) is 12.7. The highest BCUT2D eigenvalue weighted by Gasteiger charge is 2.30. The lowest BCUT2D eigenvalue weighted by Gasteiger charge is -2.32. The van der Waals surface area contributed by atoms with E-state index in [4.69, 9.17) is 14.2 Å². The van der Waals surface area contributed by atoms with Gasteiger partial charge in [0.05, 0.1) is 6.54 Å². The van der Waals surface area contributed by atoms with Crippen molar-refractivity contribution >= 4 is 12.0 Å². The van der Waals surface area contributed by atoms with Gasteiger partial charge in [-0.3, -0.25) is 4.79 Å². The average Bonchev–Trinajstić information content (AvgIpc) is 3.16. The molecule has 1 heterocycles. The molecule has 0 saturated carbocycles. The molecule has 136 valence electrons. The highest BCUT2D eigenvalue weighted by Crippen LogP contribution is 2.32. The highest BCUT2D eigenvalue weighted by molar-refractivity contribution is 5.91. The van der Waals surface area contributed by atoms with Crippen molar-refractivity contribution in [2.45, 2.75) is 18.9 Å². The van der Waals surface area contributed by atoms with Gasteiger partial charge in [0.25, 0.3) is 0 Å². The monoisotopic (exact) mass is 353 g/mol. The molecule has 1 unspecified atom stereocenters. The largest absolute Gasteiger partial charge is 0.454 e. The van der Waals surface area contributed by atoms with Crippen LogP contribution < -0.4 is 14.8 Å². The van der Waals surface area contributed by atoms with Gasteiger partial charge < -0.3 is 19.5 Å². The quantitative estimate of drug-likeness (QED) is 0.774. The van der Waals surface area contributed by atoms with Gasteiger partial charge in [-0.05, 0) is 35.8 Å². The molecule has 5 nitrogen and oxygen atoms in total. The van der Waals surface area contributed by atoms with Crippen LogP contribution in [-0.4, -0.2) is 26.4 Å². The number of nitrogens with one attached hydrogen (secondary N) is 1. The van der Waals surface area contributed by atoms with Crippen LogP contribution in [0.25, 0.3) is 6.08 Å². The molecule has 0 radical (unpaired) electrons. The molecule has 26 heavy (non-hydrogen) atoms. The molecule has 2 aromatic rings. The van der Waals surface area contributed by atoms with Crippen LogP contribution >= 0.6 is 0 Å². The van der Waals surface area contributed by atoms with Crippen molar-refractivity contribution in [1.29, 1.82) is 0 Å². The van der Waals surface area contributed by atoms with Gasteiger partial charge in [-0.25, -0.2) is 0 Å². The molecule has 0 aromatic heterocycles. The SMILES string of the molecule is CCC(CNC(=O)/C=C/c1ccc2c(c1)OCO2)(OC)c1ccccc1. The van der Waals surface area contributed by atoms with Crippen molar-refractivity contribution in [3.05, 3.63) is 65.7 Å². The number of methoxy groups -OCH3 is 1. The predicted molar refractivity (Wildman–Crippen MR) is 100 cm³/mol. The summed E-state index contributed by atoms with van der Waals surface area (Å²) < 4.78 is 16.4. The Bertz CT molecular complexity index is 782. The van der Waals surface area contributed by atoms with Gasteiger partial charge in [-0.1, -0.05) is 43.3 Å². The van der Waals surface area contributed by atoms with E-state index >= 15 is 0 Å². The van der Waals surface area contributed by atoms with E-state index in [0.29, 0.717) is 12.3 Å². The van der Waals surface area contributed by atoms with Crippen LogP contribution in [0.3, 0.4) is 0 Å². The Morgan fingerprint density at radius 3 is 2.69 bits per heavy atom. The van der Waals surface area contributed by atoms with E-state index in [-0.39, 0.29) is 12.7 Å². The summed E-state index contributed by atoms with van der Waals surface area (Å²) in [6, 6.07) is 15.5. The fourth-order valence-corrected chi connectivity index (χ4v) is 2.98. The number of rotatable bonds is 7. The van der Waals surface area contributed by atoms with Crippen LogP contribution in [0.2, 0.25) is 0 Å². The third-order valence-corrected chi connectivity index (χ3v) is 4.63. The lowest BCUT2D eigenvalue weighted by molar-refractivity contribution is -0.118. The van der Waals surface area contributed by atoms with E-state index in [9.17, 15) is 4.79 Å². The number of hydrogen-bond acceptors (Lipinski definition) is 4. The molecule has 2 aromatic carbocycles. The van der Waals surface area contributed by atoms with E-state index in [1.165, 1.54) is 6.08 Å². The average molecular weight is 353 g/mol. The van der Waals surface area contributed by atoms with Gasteiger partial charge in [0.15, 0.2) is 11.5 Å². The van der Waals surface area contributed by atoms with Crippen LogP contribution in [-0.2, 0) is 15.1 Å². The Morgan fingerprint density at radius 2 is 1.96 bits per heavy atom. The molecule has 1 atom stereocenters. The van der Waals surface area contributed by atoms with E-state index < -0.39 is 5.60 Å². The summed E-state index contributed by atoms with van der Waals surface area (Å²) in [7, 11) is 1.67. The topological polar surface area (TPSA) is 56.8 Å². The molecular formula is C21H23NO4. The maximum atomic E-state index is 12.3. The number of amides is 1. The fraction of sp³-hybridized carbons (Fsp3) is 0.286. The fourth-order valence-electron chi connectivity index (χ4n) is 2.98. The standard InChI is InChI=1S/C21H23NO4/c1-3-21(24-2,17-7-5-4-6-8-17)14-22-20(23)12-10-16-9-11-18-19(13-16)26-15-25-18/h4-13H,3,14-15H2,1-2H3,(H,22,23)/b12-10+. The molecule has 1 aliphatic heterocycles. The molecule has 1 amide bonds. The minimum Gasteiger partial charge on any atom is -0.454 e. The molecular weight excluding hydrogens is 330 g/mol. The molecule has 0 saturated heterocycles. The van der Waals surface area contributed by atoms with Gasteiger partial charge in [0, 0.05) is 13.2 Å². The number of fused-ring (bicyclic) bond motifs is 1. The first-order valence-corrected chi connectivity index (χ1v) is 8.63. The Balaban J connectivity index is 1.64. The Labute approximate surface area is 153 Å². The third kappa shape index (κ3) is 3.89. The molecule has 3 rings (SSSR count). The second kappa shape index (κ2) is 8.06. The lowest BCUT2D eigenvalue weighted by Crippen LogP contribution is -2.41. The van der Waals surface area contributed by atoms with Crippen molar-refractivity contribution in [2.75, 3.05) is 20.4 Å². The second-order valence-electron chi connectivity index (χ2n) is 6.08. The first-order valence-electron chi connectivity index (χ1n) is 8.63. The number of benzene rings is 2. The van der Waals surface area contributed by atoms with Gasteiger partial charge >= 0.3 is 0 Å². The maximum absolute atomic E-state index is 12.3. The van der Waals surface area contributed by atoms with Crippen molar-refractivity contribution < 1.29 is 19.0 Å². The zero-order valence-electron chi connectivity index (χ0n) is 15.0. The van der Waals surface area contributed by atoms with Crippen molar-refractivity contribution in [2.24, 2.45) is 0 Å². The van der Waals surface area contributed by atoms with E-state index in [2.05, 4.69) is 5.32 Å². The first kappa shape index (κ1) is 18.0. The smallest absolute Gasteiger partial charge is 0.244 e. The van der Waals surface area contributed by atoms with E-state index in [0.717, 1.165) is 23.3 Å². The summed E-state index contributed by atoms with van der Waals surface area (Å²) in [6.07, 6.45) is 4.01. The highest BCUT2D eigenvalue weighted by atomic mass is 16.7. The Kier molecular flexibility index (Phi) is 5.58. The molecule has 1 aliphatic rings. The lowest BCUT2D eigenvalue weighted by atomic mass is 9.90. The minimum absolute atomic E-state index is 0.173. The summed E-state index contributed by atoms with van der Waals surface area (Å²) in [5.74, 6) is 1.25. The van der Waals surface area contributed by atoms with E-state index in [1.54, 1.807) is 13.2 Å². The van der Waals surface area contributed by atoms with E-state index in [1.807, 2.05) is 55.5 Å². The Morgan fingerprint density at radius 1 is 1.19 bits per heavy atom. The van der Waals surface area contributed by atoms with Crippen molar-refractivity contribution in [3.63, 3.8) is 0 Å². The summed E-state index contributed by atoms with van der Waals surface area (Å²) >= 11 is 0. The Hall–Kier alpha value is -2.79. The molecule has 0 fully saturated rings. The van der Waals surface area contributed by atoms with Gasteiger partial charge in [-0.2, -0.15) is 0 Å². The van der Waals surface area contributed by atoms with Crippen molar-refractivity contribution in [1.82, 2.24) is 5.32 Å². The molecule has 1 N–H and O–H groups in total. The summed E-state index contributed by atoms with van der Waals surface area (Å²) in [5.41, 5.74) is 1.38. The number of carbonyl (C=O) groups is 1. The maximum Gasteiger partial charge on any atom is 0.244 e. The molecule has 0 spiro atoms. The van der Waals surface area contributed by atoms with Crippen molar-refractivity contribution in [3.8, 4) is 11.5 Å². The second-order valence-corrected chi connectivity index (χ2v) is 6.08. The molecule has 0 bridgehead atoms.